The van der Waals surface area contributed by atoms with E-state index in [2.05, 4.69) is 15.7 Å². The van der Waals surface area contributed by atoms with Gasteiger partial charge in [0.2, 0.25) is 5.91 Å². The zero-order valence-electron chi connectivity index (χ0n) is 11.0. The van der Waals surface area contributed by atoms with E-state index in [1.165, 1.54) is 16.0 Å². The summed E-state index contributed by atoms with van der Waals surface area (Å²) in [4.78, 5) is 23.6. The highest BCUT2D eigenvalue weighted by Gasteiger charge is 2.12. The molecule has 2 aromatic heterocycles. The second kappa shape index (κ2) is 6.96. The first-order chi connectivity index (χ1) is 9.72. The van der Waals surface area contributed by atoms with E-state index in [9.17, 15) is 9.59 Å². The molecule has 0 unspecified atom stereocenters. The average Bonchev–Trinajstić information content (AvgIpc) is 3.06. The van der Waals surface area contributed by atoms with Crippen LogP contribution in [0.4, 0.5) is 0 Å². The lowest BCUT2D eigenvalue weighted by molar-refractivity contribution is -0.121. The first-order valence-corrected chi connectivity index (χ1v) is 6.92. The van der Waals surface area contributed by atoms with Crippen molar-refractivity contribution in [3.63, 3.8) is 0 Å². The second-order valence-corrected chi connectivity index (χ2v) is 4.90. The third-order valence-corrected chi connectivity index (χ3v) is 3.34. The SMILES string of the molecule is COCCCNC(=O)Cn1nnn(-c2cccs2)c1=O. The Labute approximate surface area is 118 Å². The minimum atomic E-state index is -0.431. The number of hydrogen-bond donors (Lipinski definition) is 1. The largest absolute Gasteiger partial charge is 0.385 e. The predicted molar refractivity (Wildman–Crippen MR) is 73.0 cm³/mol. The fourth-order valence-electron chi connectivity index (χ4n) is 1.54. The van der Waals surface area contributed by atoms with Crippen molar-refractivity contribution in [2.24, 2.45) is 0 Å². The molecule has 9 heteroatoms. The maximum atomic E-state index is 12.0. The summed E-state index contributed by atoms with van der Waals surface area (Å²) in [5, 5.41) is 12.6. The summed E-state index contributed by atoms with van der Waals surface area (Å²) in [5.74, 6) is -0.276. The van der Waals surface area contributed by atoms with Gasteiger partial charge in [0.15, 0.2) is 0 Å². The number of carbonyl (C=O) groups excluding carboxylic acids is 1. The van der Waals surface area contributed by atoms with E-state index >= 15 is 0 Å². The van der Waals surface area contributed by atoms with Crippen molar-refractivity contribution >= 4 is 17.2 Å². The molecule has 0 aliphatic heterocycles. The highest BCUT2D eigenvalue weighted by molar-refractivity contribution is 7.12. The van der Waals surface area contributed by atoms with Gasteiger partial charge in [-0.25, -0.2) is 4.79 Å². The maximum Gasteiger partial charge on any atom is 0.369 e. The zero-order valence-corrected chi connectivity index (χ0v) is 11.8. The van der Waals surface area contributed by atoms with E-state index < -0.39 is 5.69 Å². The quantitative estimate of drug-likeness (QED) is 0.705. The number of tetrazole rings is 1. The number of aromatic nitrogens is 4. The summed E-state index contributed by atoms with van der Waals surface area (Å²) in [6, 6.07) is 3.57. The van der Waals surface area contributed by atoms with Crippen LogP contribution >= 0.6 is 11.3 Å². The maximum absolute atomic E-state index is 12.0. The van der Waals surface area contributed by atoms with Gasteiger partial charge >= 0.3 is 5.69 Å². The van der Waals surface area contributed by atoms with Crippen LogP contribution in [-0.2, 0) is 16.1 Å². The highest BCUT2D eigenvalue weighted by atomic mass is 32.1. The molecule has 20 heavy (non-hydrogen) atoms. The monoisotopic (exact) mass is 297 g/mol. The van der Waals surface area contributed by atoms with Crippen molar-refractivity contribution in [2.45, 2.75) is 13.0 Å². The van der Waals surface area contributed by atoms with Gasteiger partial charge in [-0.2, -0.15) is 9.36 Å². The Morgan fingerprint density at radius 1 is 1.50 bits per heavy atom. The molecule has 2 aromatic rings. The number of ether oxygens (including phenoxy) is 1. The van der Waals surface area contributed by atoms with Crippen LogP contribution in [0.3, 0.4) is 0 Å². The van der Waals surface area contributed by atoms with Crippen molar-refractivity contribution in [1.29, 1.82) is 0 Å². The summed E-state index contributed by atoms with van der Waals surface area (Å²) in [6.07, 6.45) is 0.721. The second-order valence-electron chi connectivity index (χ2n) is 3.98. The fraction of sp³-hybridized carbons (Fsp3) is 0.455. The third kappa shape index (κ3) is 3.52. The van der Waals surface area contributed by atoms with Gasteiger partial charge in [-0.1, -0.05) is 0 Å². The average molecular weight is 297 g/mol. The van der Waals surface area contributed by atoms with Crippen LogP contribution < -0.4 is 11.0 Å². The summed E-state index contributed by atoms with van der Waals surface area (Å²) < 4.78 is 7.08. The molecule has 1 N–H and O–H groups in total. The van der Waals surface area contributed by atoms with Crippen molar-refractivity contribution in [3.05, 3.63) is 28.0 Å². The molecule has 0 aromatic carbocycles. The number of carbonyl (C=O) groups is 1. The van der Waals surface area contributed by atoms with Crippen molar-refractivity contribution in [1.82, 2.24) is 25.1 Å². The van der Waals surface area contributed by atoms with Crippen LogP contribution in [0.5, 0.6) is 0 Å². The number of nitrogens with one attached hydrogen (secondary N) is 1. The predicted octanol–water partition coefficient (Wildman–Crippen LogP) is -0.357. The standard InChI is InChI=1S/C11H15N5O3S/c1-19-6-3-5-12-9(17)8-15-11(18)16(14-13-15)10-4-2-7-20-10/h2,4,7H,3,5-6,8H2,1H3,(H,12,17). The topological polar surface area (TPSA) is 91.0 Å². The number of hydrogen-bond acceptors (Lipinski definition) is 6. The molecule has 0 saturated heterocycles. The van der Waals surface area contributed by atoms with Gasteiger partial charge in [-0.05, 0) is 34.4 Å². The summed E-state index contributed by atoms with van der Waals surface area (Å²) in [5.41, 5.74) is -0.431. The molecule has 2 rings (SSSR count). The summed E-state index contributed by atoms with van der Waals surface area (Å²) >= 11 is 1.37. The van der Waals surface area contributed by atoms with Gasteiger partial charge in [0.05, 0.1) is 0 Å². The Balaban J connectivity index is 1.94. The molecule has 0 atom stereocenters. The molecule has 8 nitrogen and oxygen atoms in total. The molecule has 0 spiro atoms. The molecule has 2 heterocycles. The summed E-state index contributed by atoms with van der Waals surface area (Å²) in [6.45, 7) is 0.937. The van der Waals surface area contributed by atoms with Gasteiger partial charge in [0.1, 0.15) is 11.5 Å². The first-order valence-electron chi connectivity index (χ1n) is 6.04. The Kier molecular flexibility index (Phi) is 5.02. The summed E-state index contributed by atoms with van der Waals surface area (Å²) in [7, 11) is 1.60. The van der Waals surface area contributed by atoms with Gasteiger partial charge in [-0.3, -0.25) is 4.79 Å². The minimum absolute atomic E-state index is 0.142. The minimum Gasteiger partial charge on any atom is -0.385 e. The molecular weight excluding hydrogens is 282 g/mol. The van der Waals surface area contributed by atoms with E-state index in [1.54, 1.807) is 13.2 Å². The molecule has 1 amide bonds. The molecule has 0 bridgehead atoms. The Hall–Kier alpha value is -2.00. The number of methoxy groups -OCH3 is 1. The smallest absolute Gasteiger partial charge is 0.369 e. The molecule has 0 aliphatic carbocycles. The van der Waals surface area contributed by atoms with E-state index in [1.807, 2.05) is 11.4 Å². The zero-order chi connectivity index (χ0) is 14.4. The lowest BCUT2D eigenvalue weighted by atomic mass is 10.4. The van der Waals surface area contributed by atoms with Crippen molar-refractivity contribution in [2.75, 3.05) is 20.3 Å². The number of thiophene rings is 1. The number of nitrogens with zero attached hydrogens (tertiary/aromatic N) is 4. The van der Waals surface area contributed by atoms with Gasteiger partial charge in [0.25, 0.3) is 0 Å². The molecule has 0 fully saturated rings. The Bertz CT molecular complexity index is 604. The van der Waals surface area contributed by atoms with Crippen LogP contribution in [-0.4, -0.2) is 46.0 Å². The van der Waals surface area contributed by atoms with E-state index in [4.69, 9.17) is 4.74 Å². The lowest BCUT2D eigenvalue weighted by Gasteiger charge is -2.03. The molecule has 108 valence electrons. The highest BCUT2D eigenvalue weighted by Crippen LogP contribution is 2.10. The molecule has 0 aliphatic rings. The molecular formula is C11H15N5O3S. The molecule has 0 saturated carbocycles. The van der Waals surface area contributed by atoms with Crippen molar-refractivity contribution < 1.29 is 9.53 Å². The van der Waals surface area contributed by atoms with Gasteiger partial charge in [-0.15, -0.1) is 11.3 Å². The van der Waals surface area contributed by atoms with Crippen LogP contribution in [0, 0.1) is 0 Å². The van der Waals surface area contributed by atoms with Crippen LogP contribution in [0.2, 0.25) is 0 Å². The fourth-order valence-corrected chi connectivity index (χ4v) is 2.21. The van der Waals surface area contributed by atoms with Crippen LogP contribution in [0.1, 0.15) is 6.42 Å². The first kappa shape index (κ1) is 14.4. The van der Waals surface area contributed by atoms with Crippen LogP contribution in [0.15, 0.2) is 22.3 Å². The van der Waals surface area contributed by atoms with Gasteiger partial charge in [0, 0.05) is 20.3 Å². The third-order valence-electron chi connectivity index (χ3n) is 2.50. The van der Waals surface area contributed by atoms with E-state index in [0.717, 1.165) is 11.1 Å². The van der Waals surface area contributed by atoms with E-state index in [0.29, 0.717) is 18.2 Å². The molecule has 0 radical (unpaired) electrons. The van der Waals surface area contributed by atoms with Crippen molar-refractivity contribution in [3.8, 4) is 5.00 Å². The lowest BCUT2D eigenvalue weighted by Crippen LogP contribution is -2.34. The number of amides is 1. The van der Waals surface area contributed by atoms with Gasteiger partial charge < -0.3 is 10.1 Å². The Morgan fingerprint density at radius 3 is 3.05 bits per heavy atom. The van der Waals surface area contributed by atoms with E-state index in [-0.39, 0.29) is 12.5 Å². The number of rotatable bonds is 7. The van der Waals surface area contributed by atoms with Crippen LogP contribution in [0.25, 0.3) is 5.00 Å². The Morgan fingerprint density at radius 2 is 2.35 bits per heavy atom. The normalized spacial score (nSPS) is 10.7.